The fourth-order valence-electron chi connectivity index (χ4n) is 4.28. The molecule has 0 saturated carbocycles. The first-order valence-corrected chi connectivity index (χ1v) is 11.7. The first-order valence-electron chi connectivity index (χ1n) is 11.7. The number of hydrogen-bond acceptors (Lipinski definition) is 7. The molecule has 1 aliphatic rings. The molecule has 0 spiro atoms. The van der Waals surface area contributed by atoms with Gasteiger partial charge >= 0.3 is 0 Å². The molecule has 9 nitrogen and oxygen atoms in total. The number of nitrogens with zero attached hydrogens (tertiary/aromatic N) is 4. The van der Waals surface area contributed by atoms with Gasteiger partial charge in [-0.05, 0) is 61.4 Å². The Bertz CT molecular complexity index is 1570. The quantitative estimate of drug-likeness (QED) is 0.349. The molecule has 0 bridgehead atoms. The third-order valence-electron chi connectivity index (χ3n) is 6.24. The Hall–Kier alpha value is -4.50. The van der Waals surface area contributed by atoms with Gasteiger partial charge in [0.2, 0.25) is 5.91 Å². The minimum Gasteiger partial charge on any atom is -0.457 e. The van der Waals surface area contributed by atoms with Crippen LogP contribution in [0.3, 0.4) is 0 Å². The lowest BCUT2D eigenvalue weighted by Crippen LogP contribution is -2.22. The van der Waals surface area contributed by atoms with Crippen molar-refractivity contribution in [2.75, 3.05) is 23.8 Å². The zero-order chi connectivity index (χ0) is 24.5. The molecule has 5 aromatic rings. The van der Waals surface area contributed by atoms with Crippen LogP contribution in [0, 0.1) is 12.8 Å². The predicted octanol–water partition coefficient (Wildman–Crippen LogP) is 5.10. The molecule has 6 rings (SSSR count). The summed E-state index contributed by atoms with van der Waals surface area (Å²) in [5, 5.41) is 7.18. The van der Waals surface area contributed by atoms with E-state index >= 15 is 0 Å². The minimum absolute atomic E-state index is 0.0312. The lowest BCUT2D eigenvalue weighted by atomic mass is 10.1. The van der Waals surface area contributed by atoms with Gasteiger partial charge in [-0.1, -0.05) is 0 Å². The molecular weight excluding hydrogens is 456 g/mol. The number of aryl methyl sites for hydroxylation is 1. The highest BCUT2D eigenvalue weighted by Gasteiger charge is 2.23. The number of fused-ring (bicyclic) bond motifs is 2. The third kappa shape index (κ3) is 4.44. The van der Waals surface area contributed by atoms with Crippen LogP contribution in [0.15, 0.2) is 73.4 Å². The molecule has 1 saturated heterocycles. The highest BCUT2D eigenvalue weighted by atomic mass is 16.5. The van der Waals surface area contributed by atoms with E-state index in [0.717, 1.165) is 45.7 Å². The standard InChI is InChI=1S/C27H24N6O3/c1-17-12-19(3-5-24(17)36-21-6-9-33-10-8-28-25(33)14-21)31-26-22-13-20(2-4-23(22)29-16-30-26)32-27(34)18-7-11-35-15-18/h2-6,8-10,12-14,16,18H,7,11,15H2,1H3,(H,32,34)(H,29,30,31). The van der Waals surface area contributed by atoms with E-state index < -0.39 is 0 Å². The molecule has 0 aliphatic carbocycles. The van der Waals surface area contributed by atoms with Gasteiger partial charge in [-0.15, -0.1) is 0 Å². The van der Waals surface area contributed by atoms with Gasteiger partial charge in [0.25, 0.3) is 0 Å². The average Bonchev–Trinajstić information content (AvgIpc) is 3.58. The number of pyridine rings is 1. The van der Waals surface area contributed by atoms with Crippen molar-refractivity contribution >= 4 is 39.6 Å². The number of aromatic nitrogens is 4. The SMILES string of the molecule is Cc1cc(Nc2ncnc3ccc(NC(=O)C4CCOC4)cc23)ccc1Oc1ccn2ccnc2c1. The molecule has 4 heterocycles. The van der Waals surface area contributed by atoms with Crippen molar-refractivity contribution in [1.29, 1.82) is 0 Å². The van der Waals surface area contributed by atoms with Crippen LogP contribution < -0.4 is 15.4 Å². The van der Waals surface area contributed by atoms with Crippen molar-refractivity contribution in [2.24, 2.45) is 5.92 Å². The van der Waals surface area contributed by atoms with Crippen molar-refractivity contribution in [3.63, 3.8) is 0 Å². The van der Waals surface area contributed by atoms with Crippen molar-refractivity contribution in [2.45, 2.75) is 13.3 Å². The van der Waals surface area contributed by atoms with Crippen molar-refractivity contribution in [3.05, 3.63) is 79.0 Å². The van der Waals surface area contributed by atoms with Crippen LogP contribution in [-0.2, 0) is 9.53 Å². The second-order valence-electron chi connectivity index (χ2n) is 8.77. The molecule has 2 aromatic carbocycles. The van der Waals surface area contributed by atoms with E-state index in [0.29, 0.717) is 24.7 Å². The predicted molar refractivity (Wildman–Crippen MR) is 137 cm³/mol. The van der Waals surface area contributed by atoms with E-state index in [9.17, 15) is 4.79 Å². The van der Waals surface area contributed by atoms with Gasteiger partial charge < -0.3 is 24.5 Å². The number of carbonyl (C=O) groups excluding carboxylic acids is 1. The summed E-state index contributed by atoms with van der Waals surface area (Å²) >= 11 is 0. The number of anilines is 3. The van der Waals surface area contributed by atoms with Gasteiger partial charge in [0.05, 0.1) is 18.0 Å². The number of ether oxygens (including phenoxy) is 2. The number of amides is 1. The number of hydrogen-bond donors (Lipinski definition) is 2. The molecule has 1 aliphatic heterocycles. The monoisotopic (exact) mass is 480 g/mol. The van der Waals surface area contributed by atoms with E-state index in [4.69, 9.17) is 9.47 Å². The highest BCUT2D eigenvalue weighted by Crippen LogP contribution is 2.31. The third-order valence-corrected chi connectivity index (χ3v) is 6.24. The summed E-state index contributed by atoms with van der Waals surface area (Å²) in [5.74, 6) is 1.98. The largest absolute Gasteiger partial charge is 0.457 e. The first kappa shape index (κ1) is 22.0. The van der Waals surface area contributed by atoms with Gasteiger partial charge in [0.1, 0.15) is 29.3 Å². The number of benzene rings is 2. The molecule has 180 valence electrons. The lowest BCUT2D eigenvalue weighted by Gasteiger charge is -2.14. The summed E-state index contributed by atoms with van der Waals surface area (Å²) in [6.07, 6.45) is 7.83. The summed E-state index contributed by atoms with van der Waals surface area (Å²) in [6, 6.07) is 15.3. The number of nitrogens with one attached hydrogen (secondary N) is 2. The van der Waals surface area contributed by atoms with Crippen LogP contribution in [0.4, 0.5) is 17.2 Å². The highest BCUT2D eigenvalue weighted by molar-refractivity contribution is 5.98. The summed E-state index contributed by atoms with van der Waals surface area (Å²) in [5.41, 5.74) is 4.13. The zero-order valence-corrected chi connectivity index (χ0v) is 19.6. The van der Waals surface area contributed by atoms with Crippen molar-refractivity contribution < 1.29 is 14.3 Å². The molecule has 2 N–H and O–H groups in total. The lowest BCUT2D eigenvalue weighted by molar-refractivity contribution is -0.119. The number of imidazole rings is 1. The number of rotatable bonds is 6. The smallest absolute Gasteiger partial charge is 0.229 e. The Balaban J connectivity index is 1.22. The van der Waals surface area contributed by atoms with E-state index in [1.54, 1.807) is 6.20 Å². The fourth-order valence-corrected chi connectivity index (χ4v) is 4.28. The maximum absolute atomic E-state index is 12.5. The summed E-state index contributed by atoms with van der Waals surface area (Å²) in [4.78, 5) is 25.6. The topological polar surface area (TPSA) is 103 Å². The molecule has 1 atom stereocenters. The van der Waals surface area contributed by atoms with Crippen LogP contribution in [-0.4, -0.2) is 38.5 Å². The Kier molecular flexibility index (Phi) is 5.67. The van der Waals surface area contributed by atoms with Crippen LogP contribution in [0.2, 0.25) is 0 Å². The van der Waals surface area contributed by atoms with Crippen molar-refractivity contribution in [3.8, 4) is 11.5 Å². The molecule has 1 fully saturated rings. The molecule has 9 heteroatoms. The second kappa shape index (κ2) is 9.27. The van der Waals surface area contributed by atoms with E-state index in [1.807, 2.05) is 72.2 Å². The summed E-state index contributed by atoms with van der Waals surface area (Å²) < 4.78 is 13.4. The maximum Gasteiger partial charge on any atom is 0.229 e. The average molecular weight is 481 g/mol. The molecule has 1 amide bonds. The van der Waals surface area contributed by atoms with Crippen LogP contribution in [0.5, 0.6) is 11.5 Å². The van der Waals surface area contributed by atoms with Gasteiger partial charge in [0, 0.05) is 48.0 Å². The second-order valence-corrected chi connectivity index (χ2v) is 8.77. The molecule has 0 radical (unpaired) electrons. The van der Waals surface area contributed by atoms with Gasteiger partial charge in [-0.25, -0.2) is 15.0 Å². The number of carbonyl (C=O) groups is 1. The maximum atomic E-state index is 12.5. The minimum atomic E-state index is -0.115. The zero-order valence-electron chi connectivity index (χ0n) is 19.6. The first-order chi connectivity index (χ1) is 17.6. The van der Waals surface area contributed by atoms with Gasteiger partial charge in [0.15, 0.2) is 0 Å². The molecule has 1 unspecified atom stereocenters. The fraction of sp³-hybridized carbons (Fsp3) is 0.185. The molecule has 3 aromatic heterocycles. The van der Waals surface area contributed by atoms with Gasteiger partial charge in [-0.2, -0.15) is 0 Å². The Morgan fingerprint density at radius 2 is 1.97 bits per heavy atom. The normalized spacial score (nSPS) is 15.3. The Morgan fingerprint density at radius 1 is 1.06 bits per heavy atom. The van der Waals surface area contributed by atoms with Gasteiger partial charge in [-0.3, -0.25) is 4.79 Å². The van der Waals surface area contributed by atoms with E-state index in [2.05, 4.69) is 25.6 Å². The van der Waals surface area contributed by atoms with Crippen LogP contribution in [0.25, 0.3) is 16.6 Å². The Morgan fingerprint density at radius 3 is 2.83 bits per heavy atom. The van der Waals surface area contributed by atoms with E-state index in [-0.39, 0.29) is 11.8 Å². The summed E-state index contributed by atoms with van der Waals surface area (Å²) in [6.45, 7) is 3.08. The molecular formula is C27H24N6O3. The summed E-state index contributed by atoms with van der Waals surface area (Å²) in [7, 11) is 0. The van der Waals surface area contributed by atoms with E-state index in [1.165, 1.54) is 6.33 Å². The van der Waals surface area contributed by atoms with Crippen LogP contribution >= 0.6 is 0 Å². The molecule has 36 heavy (non-hydrogen) atoms. The van der Waals surface area contributed by atoms with Crippen molar-refractivity contribution in [1.82, 2.24) is 19.4 Å². The van der Waals surface area contributed by atoms with Crippen LogP contribution in [0.1, 0.15) is 12.0 Å². The Labute approximate surface area is 207 Å².